The summed E-state index contributed by atoms with van der Waals surface area (Å²) >= 11 is 0. The lowest BCUT2D eigenvalue weighted by molar-refractivity contribution is -0.147. The van der Waals surface area contributed by atoms with Crippen LogP contribution < -0.4 is 0 Å². The van der Waals surface area contributed by atoms with Crippen LogP contribution in [0.1, 0.15) is 50.4 Å². The molecule has 31 heavy (non-hydrogen) atoms. The summed E-state index contributed by atoms with van der Waals surface area (Å²) in [5.41, 5.74) is 0. The molecule has 0 aromatic rings. The number of aliphatic carboxylic acids is 3. The van der Waals surface area contributed by atoms with Gasteiger partial charge in [-0.25, -0.2) is 14.4 Å². The highest BCUT2D eigenvalue weighted by molar-refractivity contribution is 5.82. The third-order valence-corrected chi connectivity index (χ3v) is 4.31. The number of rotatable bonds is 6. The molecule has 0 bridgehead atoms. The maximum atomic E-state index is 10.6. The lowest BCUT2D eigenvalue weighted by Crippen LogP contribution is -2.38. The molecule has 184 valence electrons. The topological polar surface area (TPSA) is 173 Å². The van der Waals surface area contributed by atoms with Crippen molar-refractivity contribution in [2.24, 2.45) is 0 Å². The van der Waals surface area contributed by atoms with Gasteiger partial charge in [0.1, 0.15) is 18.1 Å². The second-order valence-corrected chi connectivity index (χ2v) is 6.43. The molecular formula is C19H39N3O9. The Balaban J connectivity index is -0.000000110. The Bertz CT molecular complexity index is 504. The van der Waals surface area contributed by atoms with Gasteiger partial charge in [-0.15, -0.1) is 0 Å². The first-order valence-electron chi connectivity index (χ1n) is 8.78. The number of carbonyl (C=O) groups is 6. The van der Waals surface area contributed by atoms with Gasteiger partial charge in [0.2, 0.25) is 17.7 Å². The Labute approximate surface area is 184 Å². The van der Waals surface area contributed by atoms with E-state index in [9.17, 15) is 28.8 Å². The van der Waals surface area contributed by atoms with Crippen LogP contribution in [0, 0.1) is 0 Å². The third-order valence-electron chi connectivity index (χ3n) is 4.31. The average molecular weight is 455 g/mol. The average Bonchev–Trinajstić information content (AvgIpc) is 2.64. The van der Waals surface area contributed by atoms with E-state index in [-0.39, 0.29) is 26.6 Å². The summed E-state index contributed by atoms with van der Waals surface area (Å²) in [7, 11) is 4.38. The molecule has 3 amide bonds. The van der Waals surface area contributed by atoms with Crippen molar-refractivity contribution in [3.8, 4) is 0 Å². The lowest BCUT2D eigenvalue weighted by atomic mass is 10.3. The van der Waals surface area contributed by atoms with Crippen molar-refractivity contribution in [2.75, 3.05) is 21.1 Å². The molecule has 0 aliphatic heterocycles. The summed E-state index contributed by atoms with van der Waals surface area (Å²) in [6, 6.07) is -2.22. The zero-order valence-electron chi connectivity index (χ0n) is 18.9. The molecule has 0 aromatic carbocycles. The van der Waals surface area contributed by atoms with Gasteiger partial charge in [-0.05, 0) is 20.8 Å². The van der Waals surface area contributed by atoms with Crippen LogP contribution >= 0.6 is 0 Å². The number of nitrogens with zero attached hydrogens (tertiary/aromatic N) is 3. The Hall–Kier alpha value is -3.18. The molecule has 3 N–H and O–H groups in total. The van der Waals surface area contributed by atoms with Gasteiger partial charge in [-0.3, -0.25) is 14.4 Å². The van der Waals surface area contributed by atoms with Gasteiger partial charge in [0, 0.05) is 43.3 Å². The number of carboxylic acid groups (broad SMARTS) is 3. The molecule has 0 saturated carbocycles. The SMILES string of the molecule is C.CC(=O)N(C)C(C)C(=O)O.CC(=O)N(C)[C@@H](C)C(=O)O.CC(=O)N(C)[C@H](C)C(=O)O.[2HH]. The van der Waals surface area contributed by atoms with Gasteiger partial charge in [0.25, 0.3) is 0 Å². The summed E-state index contributed by atoms with van der Waals surface area (Å²) in [6.45, 7) is 8.38. The summed E-state index contributed by atoms with van der Waals surface area (Å²) in [6.07, 6.45) is 0. The maximum absolute atomic E-state index is 10.6. The minimum atomic E-state index is -0.988. The third kappa shape index (κ3) is 15.3. The van der Waals surface area contributed by atoms with Gasteiger partial charge in [-0.2, -0.15) is 0 Å². The molecule has 0 fully saturated rings. The van der Waals surface area contributed by atoms with Crippen molar-refractivity contribution in [1.29, 1.82) is 0 Å². The first kappa shape index (κ1) is 35.3. The molecule has 1 unspecified atom stereocenters. The van der Waals surface area contributed by atoms with Gasteiger partial charge in [0.15, 0.2) is 0 Å². The van der Waals surface area contributed by atoms with Crippen LogP contribution in [-0.2, 0) is 28.8 Å². The Morgan fingerprint density at radius 1 is 0.548 bits per heavy atom. The van der Waals surface area contributed by atoms with Crippen LogP contribution in [0.25, 0.3) is 0 Å². The molecule has 0 spiro atoms. The van der Waals surface area contributed by atoms with Crippen molar-refractivity contribution >= 4 is 35.6 Å². The van der Waals surface area contributed by atoms with Crippen molar-refractivity contribution in [1.82, 2.24) is 14.7 Å². The Kier molecular flexibility index (Phi) is 18.9. The summed E-state index contributed by atoms with van der Waals surface area (Å²) in [5.74, 6) is -3.69. The molecule has 12 nitrogen and oxygen atoms in total. The van der Waals surface area contributed by atoms with E-state index in [1.807, 2.05) is 0 Å². The van der Waals surface area contributed by atoms with Crippen LogP contribution in [0.3, 0.4) is 0 Å². The van der Waals surface area contributed by atoms with Crippen LogP contribution in [-0.4, -0.2) is 105 Å². The molecule has 12 heteroatoms. The molecule has 0 rings (SSSR count). The van der Waals surface area contributed by atoms with Crippen molar-refractivity contribution in [3.05, 3.63) is 0 Å². The van der Waals surface area contributed by atoms with Crippen LogP contribution in [0.15, 0.2) is 0 Å². The van der Waals surface area contributed by atoms with E-state index in [2.05, 4.69) is 0 Å². The summed E-state index contributed by atoms with van der Waals surface area (Å²) in [5, 5.41) is 25.2. The van der Waals surface area contributed by atoms with Crippen LogP contribution in [0.2, 0.25) is 0 Å². The van der Waals surface area contributed by atoms with E-state index in [0.29, 0.717) is 0 Å². The van der Waals surface area contributed by atoms with Crippen LogP contribution in [0.5, 0.6) is 0 Å². The number of carbonyl (C=O) groups excluding carboxylic acids is 3. The molecule has 0 saturated heterocycles. The largest absolute Gasteiger partial charge is 0.480 e. The molecule has 0 radical (unpaired) electrons. The highest BCUT2D eigenvalue weighted by atomic mass is 16.4. The normalized spacial score (nSPS) is 11.9. The van der Waals surface area contributed by atoms with E-state index in [4.69, 9.17) is 15.3 Å². The fourth-order valence-electron chi connectivity index (χ4n) is 1.32. The zero-order valence-corrected chi connectivity index (χ0v) is 18.9. The predicted molar refractivity (Wildman–Crippen MR) is 115 cm³/mol. The maximum Gasteiger partial charge on any atom is 0.326 e. The molecule has 3 atom stereocenters. The van der Waals surface area contributed by atoms with E-state index < -0.39 is 36.0 Å². The molecule has 0 aliphatic rings. The number of carboxylic acids is 3. The van der Waals surface area contributed by atoms with Crippen LogP contribution in [0.4, 0.5) is 0 Å². The van der Waals surface area contributed by atoms with E-state index >= 15 is 0 Å². The van der Waals surface area contributed by atoms with Crippen molar-refractivity contribution in [3.63, 3.8) is 0 Å². The lowest BCUT2D eigenvalue weighted by Gasteiger charge is -2.18. The van der Waals surface area contributed by atoms with Gasteiger partial charge in [0.05, 0.1) is 0 Å². The first-order valence-corrected chi connectivity index (χ1v) is 8.78. The van der Waals surface area contributed by atoms with Crippen molar-refractivity contribution in [2.45, 2.75) is 67.1 Å². The van der Waals surface area contributed by atoms with E-state index in [0.717, 1.165) is 0 Å². The highest BCUT2D eigenvalue weighted by Gasteiger charge is 2.19. The zero-order chi connectivity index (χ0) is 24.9. The van der Waals surface area contributed by atoms with E-state index in [1.165, 1.54) is 77.4 Å². The molecule has 0 aromatic heterocycles. The quantitative estimate of drug-likeness (QED) is 0.522. The fraction of sp³-hybridized carbons (Fsp3) is 0.684. The minimum absolute atomic E-state index is 0. The number of hydrogen-bond acceptors (Lipinski definition) is 6. The Morgan fingerprint density at radius 3 is 0.710 bits per heavy atom. The fourth-order valence-corrected chi connectivity index (χ4v) is 1.32. The van der Waals surface area contributed by atoms with Crippen molar-refractivity contribution < 1.29 is 45.5 Å². The highest BCUT2D eigenvalue weighted by Crippen LogP contribution is 1.96. The Morgan fingerprint density at radius 2 is 0.677 bits per heavy atom. The van der Waals surface area contributed by atoms with Gasteiger partial charge < -0.3 is 30.0 Å². The molecule has 0 aliphatic carbocycles. The second-order valence-electron chi connectivity index (χ2n) is 6.43. The smallest absolute Gasteiger partial charge is 0.326 e. The van der Waals surface area contributed by atoms with Gasteiger partial charge >= 0.3 is 17.9 Å². The van der Waals surface area contributed by atoms with E-state index in [1.54, 1.807) is 0 Å². The standard InChI is InChI=1S/3C6H11NO3.CH4.H2/c3*1-4(6(9)10)7(3)5(2)8;;/h3*4H,1-3H3,(H,9,10);1H4;1H/t2*4-;;;/m10.../s1/i;;;;1+1. The van der Waals surface area contributed by atoms with Gasteiger partial charge in [-0.1, -0.05) is 7.43 Å². The monoisotopic (exact) mass is 454 g/mol. The summed E-state index contributed by atoms with van der Waals surface area (Å²) < 4.78 is 0. The molecular weight excluding hydrogens is 414 g/mol. The first-order chi connectivity index (χ1) is 13.4. The minimum Gasteiger partial charge on any atom is -0.480 e. The number of hydrogen-bond donors (Lipinski definition) is 3. The predicted octanol–water partition coefficient (Wildman–Crippen LogP) is 0.696. The summed E-state index contributed by atoms with van der Waals surface area (Å²) in [4.78, 5) is 65.9. The molecule has 0 heterocycles. The second kappa shape index (κ2) is 16.6. The number of likely N-dealkylation sites (N-methyl/N-ethyl adjacent to an activating group) is 3. The number of amides is 3.